The molecule has 2 rings (SSSR count). The van der Waals surface area contributed by atoms with Gasteiger partial charge < -0.3 is 15.6 Å². The summed E-state index contributed by atoms with van der Waals surface area (Å²) in [6.07, 6.45) is 0. The molecule has 0 fully saturated rings. The molecule has 0 spiro atoms. The largest absolute Gasteiger partial charge is 0.351 e. The molecular formula is C9H10N4O. The number of nitrogens with one attached hydrogen (secondary N) is 1. The second kappa shape index (κ2) is 3.78. The van der Waals surface area contributed by atoms with Gasteiger partial charge >= 0.3 is 6.01 Å². The van der Waals surface area contributed by atoms with Gasteiger partial charge in [0.2, 0.25) is 0 Å². The van der Waals surface area contributed by atoms with Gasteiger partial charge in [-0.2, -0.15) is 4.98 Å². The maximum atomic E-state index is 5.27. The lowest BCUT2D eigenvalue weighted by Gasteiger charge is -1.99. The second-order valence-corrected chi connectivity index (χ2v) is 2.80. The number of nitrogens with zero attached hydrogens (tertiary/aromatic N) is 2. The van der Waals surface area contributed by atoms with Crippen LogP contribution in [-0.2, 0) is 6.54 Å². The molecule has 0 bridgehead atoms. The molecule has 3 N–H and O–H groups in total. The Hall–Kier alpha value is -2.04. The zero-order valence-electron chi connectivity index (χ0n) is 7.47. The number of hydrogen-bond donors (Lipinski definition) is 2. The Kier molecular flexibility index (Phi) is 2.31. The zero-order valence-corrected chi connectivity index (χ0v) is 7.47. The smallest absolute Gasteiger partial charge is 0.320 e. The Bertz CT molecular complexity index is 398. The van der Waals surface area contributed by atoms with E-state index < -0.39 is 0 Å². The fraction of sp³-hybridized carbons (Fsp3) is 0.111. The van der Waals surface area contributed by atoms with E-state index in [4.69, 9.17) is 5.73 Å². The molecule has 0 radical (unpaired) electrons. The minimum Gasteiger partial charge on any atom is -0.351 e. The van der Waals surface area contributed by atoms with Crippen molar-refractivity contribution in [3.8, 4) is 0 Å². The number of anilines is 2. The van der Waals surface area contributed by atoms with E-state index in [0.717, 1.165) is 5.56 Å². The Morgan fingerprint density at radius 2 is 2.07 bits per heavy atom. The molecule has 2 aromatic rings. The van der Waals surface area contributed by atoms with Crippen molar-refractivity contribution < 1.29 is 4.52 Å². The summed E-state index contributed by atoms with van der Waals surface area (Å²) in [7, 11) is 0. The van der Waals surface area contributed by atoms with E-state index in [1.165, 1.54) is 0 Å². The molecule has 14 heavy (non-hydrogen) atoms. The summed E-state index contributed by atoms with van der Waals surface area (Å²) in [5.74, 6) is 0.409. The van der Waals surface area contributed by atoms with Crippen LogP contribution < -0.4 is 11.1 Å². The Balaban J connectivity index is 1.95. The van der Waals surface area contributed by atoms with Gasteiger partial charge in [-0.1, -0.05) is 30.3 Å². The van der Waals surface area contributed by atoms with Crippen LogP contribution >= 0.6 is 0 Å². The highest BCUT2D eigenvalue weighted by molar-refractivity contribution is 5.29. The second-order valence-electron chi connectivity index (χ2n) is 2.80. The Labute approximate surface area is 80.9 Å². The van der Waals surface area contributed by atoms with E-state index in [-0.39, 0.29) is 6.01 Å². The standard InChI is InChI=1S/C9H10N4O/c10-8-12-9(13-14-8)11-6-7-4-2-1-3-5-7/h1-5H,6H2,(H3,10,11,12,13). The first kappa shape index (κ1) is 8.55. The van der Waals surface area contributed by atoms with Crippen molar-refractivity contribution in [3.63, 3.8) is 0 Å². The van der Waals surface area contributed by atoms with Crippen LogP contribution in [-0.4, -0.2) is 10.1 Å². The summed E-state index contributed by atoms with van der Waals surface area (Å²) in [6.45, 7) is 0.653. The van der Waals surface area contributed by atoms with Crippen LogP contribution in [0, 0.1) is 0 Å². The van der Waals surface area contributed by atoms with Gasteiger partial charge in [0.05, 0.1) is 0 Å². The third kappa shape index (κ3) is 2.01. The molecule has 1 aromatic heterocycles. The van der Waals surface area contributed by atoms with Gasteiger partial charge in [-0.05, 0) is 10.7 Å². The topological polar surface area (TPSA) is 77.0 Å². The van der Waals surface area contributed by atoms with E-state index in [1.807, 2.05) is 30.3 Å². The molecule has 1 aromatic carbocycles. The minimum absolute atomic E-state index is 0.0700. The fourth-order valence-electron chi connectivity index (χ4n) is 1.08. The van der Waals surface area contributed by atoms with Gasteiger partial charge in [-0.25, -0.2) is 0 Å². The molecule has 0 saturated heterocycles. The van der Waals surface area contributed by atoms with Gasteiger partial charge in [0.15, 0.2) is 0 Å². The summed E-state index contributed by atoms with van der Waals surface area (Å²) in [5, 5.41) is 6.59. The van der Waals surface area contributed by atoms with Crippen molar-refractivity contribution in [2.75, 3.05) is 11.1 Å². The van der Waals surface area contributed by atoms with Crippen molar-refractivity contribution in [2.24, 2.45) is 0 Å². The number of benzene rings is 1. The molecule has 0 aliphatic heterocycles. The average Bonchev–Trinajstić information content (AvgIpc) is 2.63. The van der Waals surface area contributed by atoms with Crippen LogP contribution in [0.1, 0.15) is 5.56 Å². The van der Waals surface area contributed by atoms with Gasteiger partial charge in [0, 0.05) is 6.54 Å². The summed E-state index contributed by atoms with van der Waals surface area (Å²) in [4.78, 5) is 3.81. The molecule has 5 nitrogen and oxygen atoms in total. The zero-order chi connectivity index (χ0) is 9.80. The highest BCUT2D eigenvalue weighted by Crippen LogP contribution is 2.05. The minimum atomic E-state index is 0.0700. The molecule has 0 aliphatic rings. The van der Waals surface area contributed by atoms with Gasteiger partial charge in [0.25, 0.3) is 5.95 Å². The third-order valence-electron chi connectivity index (χ3n) is 1.74. The van der Waals surface area contributed by atoms with Crippen LogP contribution in [0.25, 0.3) is 0 Å². The molecule has 0 saturated carbocycles. The normalized spacial score (nSPS) is 10.0. The van der Waals surface area contributed by atoms with E-state index in [0.29, 0.717) is 12.5 Å². The SMILES string of the molecule is Nc1nc(NCc2ccccc2)no1. The van der Waals surface area contributed by atoms with Crippen LogP contribution in [0.4, 0.5) is 12.0 Å². The van der Waals surface area contributed by atoms with E-state index in [9.17, 15) is 0 Å². The number of rotatable bonds is 3. The van der Waals surface area contributed by atoms with E-state index in [1.54, 1.807) is 0 Å². The first-order valence-corrected chi connectivity index (χ1v) is 4.21. The van der Waals surface area contributed by atoms with Crippen molar-refractivity contribution >= 4 is 12.0 Å². The first-order chi connectivity index (χ1) is 6.84. The maximum Gasteiger partial charge on any atom is 0.320 e. The molecule has 0 atom stereocenters. The van der Waals surface area contributed by atoms with Crippen molar-refractivity contribution in [1.82, 2.24) is 10.1 Å². The quantitative estimate of drug-likeness (QED) is 0.762. The number of nitrogen functional groups attached to an aromatic ring is 1. The summed E-state index contributed by atoms with van der Waals surface area (Å²) >= 11 is 0. The monoisotopic (exact) mass is 190 g/mol. The highest BCUT2D eigenvalue weighted by Gasteiger charge is 2.00. The summed E-state index contributed by atoms with van der Waals surface area (Å²) in [5.41, 5.74) is 6.42. The number of hydrogen-bond acceptors (Lipinski definition) is 5. The Morgan fingerprint density at radius 3 is 2.71 bits per heavy atom. The van der Waals surface area contributed by atoms with Crippen molar-refractivity contribution in [1.29, 1.82) is 0 Å². The lowest BCUT2D eigenvalue weighted by molar-refractivity contribution is 0.437. The molecular weight excluding hydrogens is 180 g/mol. The van der Waals surface area contributed by atoms with Gasteiger partial charge in [-0.3, -0.25) is 0 Å². The van der Waals surface area contributed by atoms with E-state index >= 15 is 0 Å². The molecule has 0 unspecified atom stereocenters. The van der Waals surface area contributed by atoms with Crippen LogP contribution in [0.2, 0.25) is 0 Å². The van der Waals surface area contributed by atoms with Gasteiger partial charge in [-0.15, -0.1) is 0 Å². The lowest BCUT2D eigenvalue weighted by atomic mass is 10.2. The maximum absolute atomic E-state index is 5.27. The summed E-state index contributed by atoms with van der Waals surface area (Å²) in [6, 6.07) is 10.0. The first-order valence-electron chi connectivity index (χ1n) is 4.21. The molecule has 72 valence electrons. The number of nitrogens with two attached hydrogens (primary N) is 1. The average molecular weight is 190 g/mol. The third-order valence-corrected chi connectivity index (χ3v) is 1.74. The molecule has 0 aliphatic carbocycles. The molecule has 1 heterocycles. The lowest BCUT2D eigenvalue weighted by Crippen LogP contribution is -2.00. The van der Waals surface area contributed by atoms with Crippen molar-refractivity contribution in [3.05, 3.63) is 35.9 Å². The molecule has 5 heteroatoms. The van der Waals surface area contributed by atoms with E-state index in [2.05, 4.69) is 20.0 Å². The fourth-order valence-corrected chi connectivity index (χ4v) is 1.08. The summed E-state index contributed by atoms with van der Waals surface area (Å²) < 4.78 is 4.61. The van der Waals surface area contributed by atoms with Crippen LogP contribution in [0.5, 0.6) is 0 Å². The Morgan fingerprint density at radius 1 is 1.29 bits per heavy atom. The number of aromatic nitrogens is 2. The van der Waals surface area contributed by atoms with Crippen LogP contribution in [0.15, 0.2) is 34.9 Å². The molecule has 0 amide bonds. The highest BCUT2D eigenvalue weighted by atomic mass is 16.5. The predicted octanol–water partition coefficient (Wildman–Crippen LogP) is 1.26. The van der Waals surface area contributed by atoms with Gasteiger partial charge in [0.1, 0.15) is 0 Å². The van der Waals surface area contributed by atoms with Crippen LogP contribution in [0.3, 0.4) is 0 Å². The predicted molar refractivity (Wildman–Crippen MR) is 52.5 cm³/mol. The van der Waals surface area contributed by atoms with Crippen molar-refractivity contribution in [2.45, 2.75) is 6.54 Å².